The van der Waals surface area contributed by atoms with Crippen LogP contribution in [-0.4, -0.2) is 14.8 Å². The Hall–Kier alpha value is -1.13. The Bertz CT molecular complexity index is 626. The Balaban J connectivity index is 2.05. The zero-order valence-corrected chi connectivity index (χ0v) is 12.2. The summed E-state index contributed by atoms with van der Waals surface area (Å²) in [5.41, 5.74) is 1.02. The molecule has 0 aliphatic heterocycles. The van der Waals surface area contributed by atoms with Gasteiger partial charge in [-0.15, -0.1) is 0 Å². The second-order valence-corrected chi connectivity index (χ2v) is 5.85. The van der Waals surface area contributed by atoms with E-state index in [1.54, 1.807) is 0 Å². The van der Waals surface area contributed by atoms with Crippen LogP contribution in [0.1, 0.15) is 38.1 Å². The van der Waals surface area contributed by atoms with Crippen LogP contribution in [0, 0.1) is 4.77 Å². The molecule has 1 saturated carbocycles. The van der Waals surface area contributed by atoms with Gasteiger partial charge in [0, 0.05) is 16.6 Å². The van der Waals surface area contributed by atoms with Crippen molar-refractivity contribution in [3.63, 3.8) is 0 Å². The molecule has 1 N–H and O–H groups in total. The molecular weight excluding hydrogens is 278 g/mol. The van der Waals surface area contributed by atoms with E-state index in [1.165, 1.54) is 32.1 Å². The van der Waals surface area contributed by atoms with Gasteiger partial charge in [-0.3, -0.25) is 9.67 Å². The molecule has 3 rings (SSSR count). The fraction of sp³-hybridized carbons (Fsp3) is 0.429. The van der Waals surface area contributed by atoms with Gasteiger partial charge in [0.2, 0.25) is 0 Å². The average molecular weight is 294 g/mol. The van der Waals surface area contributed by atoms with Crippen LogP contribution in [0.2, 0.25) is 5.02 Å². The first-order valence-electron chi connectivity index (χ1n) is 6.68. The maximum atomic E-state index is 6.07. The molecule has 0 saturated heterocycles. The van der Waals surface area contributed by atoms with E-state index in [0.717, 1.165) is 16.4 Å². The van der Waals surface area contributed by atoms with Crippen molar-refractivity contribution in [3.8, 4) is 11.4 Å². The van der Waals surface area contributed by atoms with E-state index in [0.29, 0.717) is 10.8 Å². The second kappa shape index (κ2) is 5.47. The van der Waals surface area contributed by atoms with E-state index in [4.69, 9.17) is 23.8 Å². The molecule has 0 spiro atoms. The van der Waals surface area contributed by atoms with Crippen molar-refractivity contribution >= 4 is 23.8 Å². The summed E-state index contributed by atoms with van der Waals surface area (Å²) in [4.78, 5) is 0. The van der Waals surface area contributed by atoms with Crippen LogP contribution in [0.5, 0.6) is 0 Å². The molecule has 0 atom stereocenters. The lowest BCUT2D eigenvalue weighted by Crippen LogP contribution is -2.14. The van der Waals surface area contributed by atoms with Crippen molar-refractivity contribution in [1.82, 2.24) is 14.8 Å². The van der Waals surface area contributed by atoms with Crippen LogP contribution in [-0.2, 0) is 0 Å². The zero-order valence-electron chi connectivity index (χ0n) is 10.6. The molecule has 1 aromatic heterocycles. The number of hydrogen-bond donors (Lipinski definition) is 1. The first kappa shape index (κ1) is 12.9. The molecule has 100 valence electrons. The summed E-state index contributed by atoms with van der Waals surface area (Å²) in [5, 5.41) is 8.04. The fourth-order valence-electron chi connectivity index (χ4n) is 2.81. The fourth-order valence-corrected chi connectivity index (χ4v) is 3.29. The Morgan fingerprint density at radius 3 is 2.79 bits per heavy atom. The summed E-state index contributed by atoms with van der Waals surface area (Å²) < 4.78 is 2.88. The average Bonchev–Trinajstić information content (AvgIpc) is 2.82. The lowest BCUT2D eigenvalue weighted by Gasteiger charge is -2.24. The highest BCUT2D eigenvalue weighted by Gasteiger charge is 2.20. The highest BCUT2D eigenvalue weighted by molar-refractivity contribution is 7.71. The molecule has 0 radical (unpaired) electrons. The first-order valence-corrected chi connectivity index (χ1v) is 7.47. The van der Waals surface area contributed by atoms with Gasteiger partial charge in [0.15, 0.2) is 10.6 Å². The maximum absolute atomic E-state index is 6.07. The van der Waals surface area contributed by atoms with Gasteiger partial charge in [0.1, 0.15) is 0 Å². The topological polar surface area (TPSA) is 33.6 Å². The maximum Gasteiger partial charge on any atom is 0.195 e. The summed E-state index contributed by atoms with van der Waals surface area (Å²) >= 11 is 11.5. The number of halogens is 1. The highest BCUT2D eigenvalue weighted by atomic mass is 35.5. The van der Waals surface area contributed by atoms with Gasteiger partial charge in [-0.1, -0.05) is 43.0 Å². The van der Waals surface area contributed by atoms with E-state index in [2.05, 4.69) is 14.8 Å². The molecule has 1 heterocycles. The largest absolute Gasteiger partial charge is 0.297 e. The van der Waals surface area contributed by atoms with E-state index < -0.39 is 0 Å². The SMILES string of the molecule is S=c1[nH]nc(-c2cccc(Cl)c2)n1C1CCCCC1. The Labute approximate surface area is 122 Å². The van der Waals surface area contributed by atoms with Crippen molar-refractivity contribution in [2.24, 2.45) is 0 Å². The predicted molar refractivity (Wildman–Crippen MR) is 80.0 cm³/mol. The number of benzene rings is 1. The van der Waals surface area contributed by atoms with Gasteiger partial charge >= 0.3 is 0 Å². The molecule has 1 aliphatic carbocycles. The minimum absolute atomic E-state index is 0.467. The summed E-state index contributed by atoms with van der Waals surface area (Å²) in [7, 11) is 0. The minimum Gasteiger partial charge on any atom is -0.297 e. The standard InChI is InChI=1S/C14H16ClN3S/c15-11-6-4-5-10(9-11)13-16-17-14(19)18(13)12-7-2-1-3-8-12/h4-6,9,12H,1-3,7-8H2,(H,17,19). The minimum atomic E-state index is 0.467. The molecule has 0 bridgehead atoms. The number of rotatable bonds is 2. The number of hydrogen-bond acceptors (Lipinski definition) is 2. The lowest BCUT2D eigenvalue weighted by atomic mass is 9.95. The zero-order chi connectivity index (χ0) is 13.2. The van der Waals surface area contributed by atoms with Gasteiger partial charge in [-0.2, -0.15) is 5.10 Å². The first-order chi connectivity index (χ1) is 9.25. The van der Waals surface area contributed by atoms with Crippen LogP contribution >= 0.6 is 23.8 Å². The van der Waals surface area contributed by atoms with E-state index >= 15 is 0 Å². The summed E-state index contributed by atoms with van der Waals surface area (Å²) in [6.07, 6.45) is 6.23. The third kappa shape index (κ3) is 2.60. The number of aromatic amines is 1. The second-order valence-electron chi connectivity index (χ2n) is 5.02. The van der Waals surface area contributed by atoms with Gasteiger partial charge in [0.25, 0.3) is 0 Å². The van der Waals surface area contributed by atoms with Gasteiger partial charge in [-0.05, 0) is 37.2 Å². The summed E-state index contributed by atoms with van der Waals surface area (Å²) in [6, 6.07) is 8.24. The highest BCUT2D eigenvalue weighted by Crippen LogP contribution is 2.32. The molecular formula is C14H16ClN3S. The molecule has 1 aliphatic rings. The number of nitrogens with one attached hydrogen (secondary N) is 1. The summed E-state index contributed by atoms with van der Waals surface area (Å²) in [6.45, 7) is 0. The number of nitrogens with zero attached hydrogens (tertiary/aromatic N) is 2. The van der Waals surface area contributed by atoms with Crippen LogP contribution in [0.4, 0.5) is 0 Å². The molecule has 0 amide bonds. The number of H-pyrrole nitrogens is 1. The van der Waals surface area contributed by atoms with Gasteiger partial charge in [-0.25, -0.2) is 0 Å². The molecule has 2 aromatic rings. The lowest BCUT2D eigenvalue weighted by molar-refractivity contribution is 0.352. The molecule has 19 heavy (non-hydrogen) atoms. The van der Waals surface area contributed by atoms with Gasteiger partial charge < -0.3 is 0 Å². The predicted octanol–water partition coefficient (Wildman–Crippen LogP) is 4.77. The molecule has 5 heteroatoms. The summed E-state index contributed by atoms with van der Waals surface area (Å²) in [5.74, 6) is 0.902. The Morgan fingerprint density at radius 2 is 2.05 bits per heavy atom. The van der Waals surface area contributed by atoms with Crippen molar-refractivity contribution in [1.29, 1.82) is 0 Å². The van der Waals surface area contributed by atoms with Crippen LogP contribution in [0.15, 0.2) is 24.3 Å². The third-order valence-corrected chi connectivity index (χ3v) is 4.25. The van der Waals surface area contributed by atoms with Crippen molar-refractivity contribution in [2.75, 3.05) is 0 Å². The molecule has 0 unspecified atom stereocenters. The molecule has 1 fully saturated rings. The Morgan fingerprint density at radius 1 is 1.26 bits per heavy atom. The quantitative estimate of drug-likeness (QED) is 0.810. The van der Waals surface area contributed by atoms with E-state index in [-0.39, 0.29) is 0 Å². The van der Waals surface area contributed by atoms with Crippen molar-refractivity contribution in [2.45, 2.75) is 38.1 Å². The van der Waals surface area contributed by atoms with Gasteiger partial charge in [0.05, 0.1) is 0 Å². The van der Waals surface area contributed by atoms with Crippen LogP contribution in [0.25, 0.3) is 11.4 Å². The third-order valence-electron chi connectivity index (χ3n) is 3.73. The molecule has 1 aromatic carbocycles. The monoisotopic (exact) mass is 293 g/mol. The van der Waals surface area contributed by atoms with Crippen LogP contribution < -0.4 is 0 Å². The van der Waals surface area contributed by atoms with Crippen molar-refractivity contribution in [3.05, 3.63) is 34.1 Å². The normalized spacial score (nSPS) is 16.7. The smallest absolute Gasteiger partial charge is 0.195 e. The number of aromatic nitrogens is 3. The molecule has 3 nitrogen and oxygen atoms in total. The Kier molecular flexibility index (Phi) is 3.71. The van der Waals surface area contributed by atoms with Crippen molar-refractivity contribution < 1.29 is 0 Å². The van der Waals surface area contributed by atoms with E-state index in [1.807, 2.05) is 24.3 Å². The van der Waals surface area contributed by atoms with Crippen LogP contribution in [0.3, 0.4) is 0 Å². The van der Waals surface area contributed by atoms with E-state index in [9.17, 15) is 0 Å².